The third kappa shape index (κ3) is 2.26. The highest BCUT2D eigenvalue weighted by Crippen LogP contribution is 2.16. The monoisotopic (exact) mass is 287 g/mol. The van der Waals surface area contributed by atoms with Gasteiger partial charge in [-0.15, -0.1) is 0 Å². The quantitative estimate of drug-likeness (QED) is 0.867. The Morgan fingerprint density at radius 2 is 2.33 bits per heavy atom. The van der Waals surface area contributed by atoms with E-state index in [0.29, 0.717) is 11.6 Å². The Morgan fingerprint density at radius 1 is 1.53 bits per heavy atom. The van der Waals surface area contributed by atoms with Crippen molar-refractivity contribution in [2.24, 2.45) is 0 Å². The highest BCUT2D eigenvalue weighted by atomic mass is 79.9. The van der Waals surface area contributed by atoms with Gasteiger partial charge in [-0.3, -0.25) is 13.9 Å². The van der Waals surface area contributed by atoms with E-state index in [9.17, 15) is 4.21 Å². The first kappa shape index (κ1) is 10.8. The van der Waals surface area contributed by atoms with Crippen LogP contribution in [0.3, 0.4) is 0 Å². The number of hydrogen-bond acceptors (Lipinski definition) is 3. The molecule has 2 aromatic rings. The van der Waals surface area contributed by atoms with Crippen LogP contribution in [0.4, 0.5) is 0 Å². The molecule has 0 bridgehead atoms. The predicted molar refractivity (Wildman–Crippen MR) is 63.9 cm³/mol. The van der Waals surface area contributed by atoms with Gasteiger partial charge in [0.1, 0.15) is 11.4 Å². The van der Waals surface area contributed by atoms with E-state index in [0.717, 1.165) is 15.5 Å². The zero-order valence-electron chi connectivity index (χ0n) is 8.18. The van der Waals surface area contributed by atoms with E-state index in [1.807, 2.05) is 13.0 Å². The smallest absolute Gasteiger partial charge is 0.117 e. The van der Waals surface area contributed by atoms with Gasteiger partial charge in [0, 0.05) is 27.2 Å². The maximum absolute atomic E-state index is 11.4. The predicted octanol–water partition coefficient (Wildman–Crippen LogP) is 1.92. The van der Waals surface area contributed by atoms with E-state index in [2.05, 4.69) is 26.0 Å². The molecule has 0 spiro atoms. The number of pyridine rings is 1. The maximum Gasteiger partial charge on any atom is 0.117 e. The van der Waals surface area contributed by atoms with E-state index in [-0.39, 0.29) is 0 Å². The van der Waals surface area contributed by atoms with Crippen molar-refractivity contribution in [1.82, 2.24) is 14.8 Å². The highest BCUT2D eigenvalue weighted by molar-refractivity contribution is 9.10. The molecule has 0 aliphatic heterocycles. The molecular weight excluding hydrogens is 278 g/mol. The lowest BCUT2D eigenvalue weighted by Gasteiger charge is -2.01. The van der Waals surface area contributed by atoms with Crippen molar-refractivity contribution < 1.29 is 4.21 Å². The molecule has 4 nitrogen and oxygen atoms in total. The molecule has 0 radical (unpaired) electrons. The second-order valence-corrected chi connectivity index (χ2v) is 5.69. The molecule has 0 aliphatic rings. The summed E-state index contributed by atoms with van der Waals surface area (Å²) in [5, 5.41) is 4.16. The van der Waals surface area contributed by atoms with Crippen molar-refractivity contribution in [2.45, 2.75) is 12.8 Å². The summed E-state index contributed by atoms with van der Waals surface area (Å²) in [7, 11) is -0.862. The molecule has 0 amide bonds. The van der Waals surface area contributed by atoms with Crippen LogP contribution >= 0.6 is 15.9 Å². The fraction of sp³-hybridized carbons (Fsp3) is 0.333. The summed E-state index contributed by atoms with van der Waals surface area (Å²) in [6, 6.07) is 1.93. The second kappa shape index (κ2) is 4.40. The Bertz CT molecular complexity index is 511. The molecule has 6 heteroatoms. The molecule has 1 atom stereocenters. The zero-order chi connectivity index (χ0) is 10.8. The number of halogens is 1. The summed E-state index contributed by atoms with van der Waals surface area (Å²) in [4.78, 5) is 4.21. The van der Waals surface area contributed by atoms with Crippen molar-refractivity contribution in [3.63, 3.8) is 0 Å². The summed E-state index contributed by atoms with van der Waals surface area (Å²) < 4.78 is 14.1. The number of rotatable bonds is 3. The van der Waals surface area contributed by atoms with Gasteiger partial charge >= 0.3 is 0 Å². The first-order chi connectivity index (χ1) is 7.20. The lowest BCUT2D eigenvalue weighted by atomic mass is 10.4. The fourth-order valence-corrected chi connectivity index (χ4v) is 2.24. The zero-order valence-corrected chi connectivity index (χ0v) is 10.6. The Labute approximate surface area is 98.3 Å². The molecule has 0 saturated heterocycles. The lowest BCUT2D eigenvalue weighted by molar-refractivity contribution is 0.665. The van der Waals surface area contributed by atoms with Gasteiger partial charge < -0.3 is 0 Å². The van der Waals surface area contributed by atoms with Crippen LogP contribution in [0.25, 0.3) is 11.0 Å². The SMILES string of the molecule is CCS(=O)Cn1ncc2ncc(Br)cc21. The van der Waals surface area contributed by atoms with E-state index < -0.39 is 10.8 Å². The van der Waals surface area contributed by atoms with Crippen LogP contribution < -0.4 is 0 Å². The van der Waals surface area contributed by atoms with Crippen molar-refractivity contribution in [3.05, 3.63) is 22.9 Å². The molecule has 2 aromatic heterocycles. The van der Waals surface area contributed by atoms with E-state index >= 15 is 0 Å². The molecule has 0 aliphatic carbocycles. The van der Waals surface area contributed by atoms with E-state index in [1.54, 1.807) is 17.1 Å². The minimum absolute atomic E-state index is 0.429. The largest absolute Gasteiger partial charge is 0.258 e. The molecule has 15 heavy (non-hydrogen) atoms. The summed E-state index contributed by atoms with van der Waals surface area (Å²) in [6.07, 6.45) is 3.42. The van der Waals surface area contributed by atoms with E-state index in [1.165, 1.54) is 0 Å². The van der Waals surface area contributed by atoms with Crippen LogP contribution in [-0.2, 0) is 16.7 Å². The average Bonchev–Trinajstić information content (AvgIpc) is 2.61. The summed E-state index contributed by atoms with van der Waals surface area (Å²) in [6.45, 7) is 1.90. The highest BCUT2D eigenvalue weighted by Gasteiger charge is 2.06. The van der Waals surface area contributed by atoms with Gasteiger partial charge in [0.2, 0.25) is 0 Å². The van der Waals surface area contributed by atoms with Crippen molar-refractivity contribution in [1.29, 1.82) is 0 Å². The topological polar surface area (TPSA) is 47.8 Å². The molecule has 80 valence electrons. The van der Waals surface area contributed by atoms with Crippen LogP contribution in [-0.4, -0.2) is 24.7 Å². The van der Waals surface area contributed by atoms with Gasteiger partial charge in [-0.1, -0.05) is 6.92 Å². The minimum Gasteiger partial charge on any atom is -0.258 e. The third-order valence-corrected chi connectivity index (χ3v) is 3.66. The van der Waals surface area contributed by atoms with E-state index in [4.69, 9.17) is 0 Å². The Kier molecular flexibility index (Phi) is 3.16. The molecular formula is C9H10BrN3OS. The van der Waals surface area contributed by atoms with Crippen LogP contribution in [0.1, 0.15) is 6.92 Å². The first-order valence-corrected chi connectivity index (χ1v) is 6.81. The lowest BCUT2D eigenvalue weighted by Crippen LogP contribution is -2.07. The molecule has 2 heterocycles. The Balaban J connectivity index is 2.43. The molecule has 0 saturated carbocycles. The summed E-state index contributed by atoms with van der Waals surface area (Å²) in [5.41, 5.74) is 1.73. The van der Waals surface area contributed by atoms with Gasteiger partial charge in [0.15, 0.2) is 0 Å². The fourth-order valence-electron chi connectivity index (χ4n) is 1.26. The maximum atomic E-state index is 11.4. The van der Waals surface area contributed by atoms with Crippen LogP contribution in [0.5, 0.6) is 0 Å². The van der Waals surface area contributed by atoms with Crippen LogP contribution in [0.15, 0.2) is 22.9 Å². The van der Waals surface area contributed by atoms with Gasteiger partial charge in [0.05, 0.1) is 11.7 Å². The van der Waals surface area contributed by atoms with Crippen LogP contribution in [0.2, 0.25) is 0 Å². The first-order valence-electron chi connectivity index (χ1n) is 4.52. The molecule has 1 unspecified atom stereocenters. The second-order valence-electron chi connectivity index (χ2n) is 3.06. The summed E-state index contributed by atoms with van der Waals surface area (Å²) >= 11 is 3.36. The van der Waals surface area contributed by atoms with Gasteiger partial charge in [-0.2, -0.15) is 5.10 Å². The number of aromatic nitrogens is 3. The Morgan fingerprint density at radius 3 is 3.07 bits per heavy atom. The van der Waals surface area contributed by atoms with Gasteiger partial charge in [0.25, 0.3) is 0 Å². The molecule has 0 fully saturated rings. The van der Waals surface area contributed by atoms with Gasteiger partial charge in [-0.25, -0.2) is 0 Å². The summed E-state index contributed by atoms with van der Waals surface area (Å²) in [5.74, 6) is 1.07. The Hall–Kier alpha value is -0.750. The van der Waals surface area contributed by atoms with Gasteiger partial charge in [-0.05, 0) is 22.0 Å². The van der Waals surface area contributed by atoms with Crippen molar-refractivity contribution in [3.8, 4) is 0 Å². The minimum atomic E-state index is -0.862. The van der Waals surface area contributed by atoms with Crippen molar-refractivity contribution >= 4 is 37.8 Å². The number of fused-ring (bicyclic) bond motifs is 1. The van der Waals surface area contributed by atoms with Crippen molar-refractivity contribution in [2.75, 3.05) is 5.75 Å². The number of hydrogen-bond donors (Lipinski definition) is 0. The standard InChI is InChI=1S/C9H10BrN3OS/c1-2-15(14)6-13-9-3-7(10)4-11-8(9)5-12-13/h3-5H,2,6H2,1H3. The molecule has 2 rings (SSSR count). The van der Waals surface area contributed by atoms with Crippen LogP contribution in [0, 0.1) is 0 Å². The third-order valence-electron chi connectivity index (χ3n) is 2.05. The number of nitrogens with zero attached hydrogens (tertiary/aromatic N) is 3. The normalized spacial score (nSPS) is 13.2. The average molecular weight is 288 g/mol. The molecule has 0 N–H and O–H groups in total. The molecule has 0 aromatic carbocycles.